The van der Waals surface area contributed by atoms with E-state index in [9.17, 15) is 8.42 Å². The smallest absolute Gasteiger partial charge is 0.238 e. The molecule has 1 heterocycles. The van der Waals surface area contributed by atoms with Crippen molar-refractivity contribution >= 4 is 43.9 Å². The van der Waals surface area contributed by atoms with Crippen LogP contribution in [0.4, 0.5) is 11.4 Å². The zero-order valence-electron chi connectivity index (χ0n) is 11.3. The van der Waals surface area contributed by atoms with Crippen molar-refractivity contribution in [1.29, 1.82) is 0 Å². The molecule has 3 aromatic rings. The van der Waals surface area contributed by atoms with Gasteiger partial charge in [0.1, 0.15) is 0 Å². The van der Waals surface area contributed by atoms with E-state index in [0.29, 0.717) is 5.02 Å². The Morgan fingerprint density at radius 2 is 1.77 bits per heavy atom. The van der Waals surface area contributed by atoms with Crippen LogP contribution in [0.2, 0.25) is 5.02 Å². The molecule has 0 amide bonds. The summed E-state index contributed by atoms with van der Waals surface area (Å²) >= 11 is 6.03. The van der Waals surface area contributed by atoms with E-state index in [4.69, 9.17) is 16.7 Å². The first-order chi connectivity index (χ1) is 10.4. The molecule has 0 aliphatic heterocycles. The van der Waals surface area contributed by atoms with Crippen molar-refractivity contribution < 1.29 is 8.42 Å². The number of hydrogen-bond donors (Lipinski definition) is 2. The van der Waals surface area contributed by atoms with Gasteiger partial charge in [0.15, 0.2) is 0 Å². The van der Waals surface area contributed by atoms with E-state index in [-0.39, 0.29) is 4.90 Å². The summed E-state index contributed by atoms with van der Waals surface area (Å²) in [6, 6.07) is 13.5. The molecule has 0 bridgehead atoms. The van der Waals surface area contributed by atoms with E-state index >= 15 is 0 Å². The Balaban J connectivity index is 1.98. The zero-order valence-corrected chi connectivity index (χ0v) is 12.9. The molecule has 3 rings (SSSR count). The van der Waals surface area contributed by atoms with Gasteiger partial charge in [-0.1, -0.05) is 11.6 Å². The Kier molecular flexibility index (Phi) is 3.74. The van der Waals surface area contributed by atoms with Crippen LogP contribution in [0.5, 0.6) is 0 Å². The molecule has 0 saturated heterocycles. The molecule has 0 fully saturated rings. The van der Waals surface area contributed by atoms with E-state index in [0.717, 1.165) is 22.3 Å². The molecule has 0 atom stereocenters. The molecule has 2 aromatic carbocycles. The molecule has 7 heteroatoms. The number of nitrogens with zero attached hydrogens (tertiary/aromatic N) is 1. The lowest BCUT2D eigenvalue weighted by Crippen LogP contribution is -2.11. The molecule has 5 nitrogen and oxygen atoms in total. The number of anilines is 2. The second-order valence-electron chi connectivity index (χ2n) is 4.71. The average Bonchev–Trinajstić information content (AvgIpc) is 2.47. The van der Waals surface area contributed by atoms with Crippen LogP contribution in [0, 0.1) is 0 Å². The predicted octanol–water partition coefficient (Wildman–Crippen LogP) is 3.28. The third-order valence-electron chi connectivity index (χ3n) is 3.17. The van der Waals surface area contributed by atoms with Gasteiger partial charge in [-0.3, -0.25) is 4.98 Å². The lowest BCUT2D eigenvalue weighted by molar-refractivity contribution is 0.598. The maximum atomic E-state index is 11.2. The molecular formula is C15H12ClN3O2S. The second-order valence-corrected chi connectivity index (χ2v) is 6.71. The highest BCUT2D eigenvalue weighted by atomic mass is 35.5. The lowest BCUT2D eigenvalue weighted by atomic mass is 10.2. The minimum Gasteiger partial charge on any atom is -0.355 e. The number of primary sulfonamides is 1. The molecule has 3 N–H and O–H groups in total. The van der Waals surface area contributed by atoms with E-state index in [1.54, 1.807) is 24.4 Å². The van der Waals surface area contributed by atoms with Crippen LogP contribution >= 0.6 is 11.6 Å². The van der Waals surface area contributed by atoms with Gasteiger partial charge >= 0.3 is 0 Å². The van der Waals surface area contributed by atoms with Crippen LogP contribution in [0.25, 0.3) is 10.9 Å². The number of rotatable bonds is 3. The Labute approximate surface area is 132 Å². The number of benzene rings is 2. The molecule has 1 aromatic heterocycles. The summed E-state index contributed by atoms with van der Waals surface area (Å²) < 4.78 is 22.5. The monoisotopic (exact) mass is 333 g/mol. The van der Waals surface area contributed by atoms with Crippen molar-refractivity contribution in [2.24, 2.45) is 5.14 Å². The highest BCUT2D eigenvalue weighted by Crippen LogP contribution is 2.27. The Bertz CT molecular complexity index is 941. The van der Waals surface area contributed by atoms with Gasteiger partial charge in [0, 0.05) is 28.0 Å². The fourth-order valence-electron chi connectivity index (χ4n) is 2.11. The first-order valence-electron chi connectivity index (χ1n) is 6.38. The number of nitrogens with two attached hydrogens (primary N) is 1. The van der Waals surface area contributed by atoms with Gasteiger partial charge in [-0.2, -0.15) is 0 Å². The van der Waals surface area contributed by atoms with Crippen LogP contribution in [0.3, 0.4) is 0 Å². The fraction of sp³-hybridized carbons (Fsp3) is 0. The third kappa shape index (κ3) is 3.04. The minimum absolute atomic E-state index is 0.0701. The summed E-state index contributed by atoms with van der Waals surface area (Å²) in [7, 11) is -3.69. The number of nitrogens with one attached hydrogen (secondary N) is 1. The van der Waals surface area contributed by atoms with Crippen LogP contribution in [0.15, 0.2) is 59.6 Å². The highest BCUT2D eigenvalue weighted by Gasteiger charge is 2.08. The molecule has 0 aliphatic rings. The van der Waals surface area contributed by atoms with Crippen molar-refractivity contribution in [2.45, 2.75) is 4.90 Å². The SMILES string of the molecule is NS(=O)(=O)c1ccc(Nc2ccnc3ccc(Cl)cc23)cc1. The van der Waals surface area contributed by atoms with Gasteiger partial charge in [-0.15, -0.1) is 0 Å². The first kappa shape index (κ1) is 14.8. The van der Waals surface area contributed by atoms with Crippen molar-refractivity contribution in [3.05, 3.63) is 59.8 Å². The largest absolute Gasteiger partial charge is 0.355 e. The summed E-state index contributed by atoms with van der Waals surface area (Å²) in [5, 5.41) is 9.80. The predicted molar refractivity (Wildman–Crippen MR) is 87.9 cm³/mol. The van der Waals surface area contributed by atoms with E-state index < -0.39 is 10.0 Å². The van der Waals surface area contributed by atoms with Crippen molar-refractivity contribution in [3.63, 3.8) is 0 Å². The lowest BCUT2D eigenvalue weighted by Gasteiger charge is -2.10. The molecule has 112 valence electrons. The summed E-state index contributed by atoms with van der Waals surface area (Å²) in [6.07, 6.45) is 1.69. The average molecular weight is 334 g/mol. The maximum Gasteiger partial charge on any atom is 0.238 e. The normalized spacial score (nSPS) is 11.5. The third-order valence-corrected chi connectivity index (χ3v) is 4.33. The van der Waals surface area contributed by atoms with E-state index in [1.807, 2.05) is 18.2 Å². The van der Waals surface area contributed by atoms with Gasteiger partial charge in [-0.25, -0.2) is 13.6 Å². The van der Waals surface area contributed by atoms with Gasteiger partial charge < -0.3 is 5.32 Å². The number of pyridine rings is 1. The number of halogens is 1. The van der Waals surface area contributed by atoms with Crippen LogP contribution in [-0.4, -0.2) is 13.4 Å². The molecular weight excluding hydrogens is 322 g/mol. The topological polar surface area (TPSA) is 85.1 Å². The van der Waals surface area contributed by atoms with Gasteiger partial charge in [-0.05, 0) is 48.5 Å². The number of hydrogen-bond acceptors (Lipinski definition) is 4. The molecule has 0 radical (unpaired) electrons. The molecule has 0 spiro atoms. The number of fused-ring (bicyclic) bond motifs is 1. The summed E-state index contributed by atoms with van der Waals surface area (Å²) in [4.78, 5) is 4.35. The summed E-state index contributed by atoms with van der Waals surface area (Å²) in [5.74, 6) is 0. The van der Waals surface area contributed by atoms with Gasteiger partial charge in [0.2, 0.25) is 10.0 Å². The minimum atomic E-state index is -3.69. The van der Waals surface area contributed by atoms with E-state index in [1.165, 1.54) is 12.1 Å². The van der Waals surface area contributed by atoms with Crippen molar-refractivity contribution in [1.82, 2.24) is 4.98 Å². The van der Waals surface area contributed by atoms with Gasteiger partial charge in [0.05, 0.1) is 10.4 Å². The number of aromatic nitrogens is 1. The standard InChI is InChI=1S/C15H12ClN3O2S/c16-10-1-6-14-13(9-10)15(7-8-18-14)19-11-2-4-12(5-3-11)22(17,20)21/h1-9H,(H,18,19)(H2,17,20,21). The van der Waals surface area contributed by atoms with Crippen LogP contribution < -0.4 is 10.5 Å². The molecule has 0 unspecified atom stereocenters. The summed E-state index contributed by atoms with van der Waals surface area (Å²) in [6.45, 7) is 0. The Morgan fingerprint density at radius 1 is 1.05 bits per heavy atom. The molecule has 0 aliphatic carbocycles. The second kappa shape index (κ2) is 5.57. The number of sulfonamides is 1. The Morgan fingerprint density at radius 3 is 2.45 bits per heavy atom. The quantitative estimate of drug-likeness (QED) is 0.770. The van der Waals surface area contributed by atoms with Crippen molar-refractivity contribution in [2.75, 3.05) is 5.32 Å². The molecule has 0 saturated carbocycles. The zero-order chi connectivity index (χ0) is 15.7. The maximum absolute atomic E-state index is 11.2. The van der Waals surface area contributed by atoms with Crippen LogP contribution in [-0.2, 0) is 10.0 Å². The van der Waals surface area contributed by atoms with Crippen LogP contribution in [0.1, 0.15) is 0 Å². The Hall–Kier alpha value is -2.15. The summed E-state index contributed by atoms with van der Waals surface area (Å²) in [5.41, 5.74) is 2.38. The first-order valence-corrected chi connectivity index (χ1v) is 8.30. The highest BCUT2D eigenvalue weighted by molar-refractivity contribution is 7.89. The van der Waals surface area contributed by atoms with Gasteiger partial charge in [0.25, 0.3) is 0 Å². The fourth-order valence-corrected chi connectivity index (χ4v) is 2.80. The van der Waals surface area contributed by atoms with Crippen molar-refractivity contribution in [3.8, 4) is 0 Å². The van der Waals surface area contributed by atoms with E-state index in [2.05, 4.69) is 10.3 Å². The molecule has 22 heavy (non-hydrogen) atoms.